The van der Waals surface area contributed by atoms with E-state index in [0.29, 0.717) is 5.82 Å². The maximum atomic E-state index is 6.25. The van der Waals surface area contributed by atoms with Crippen molar-refractivity contribution >= 4 is 17.4 Å². The molecular weight excluding hydrogens is 246 g/mol. The quantitative estimate of drug-likeness (QED) is 0.915. The number of hydrogen-bond donors (Lipinski definition) is 1. The van der Waals surface area contributed by atoms with E-state index in [0.717, 1.165) is 41.1 Å². The molecule has 0 atom stereocenters. The lowest BCUT2D eigenvalue weighted by Crippen LogP contribution is -1.98. The molecule has 0 spiro atoms. The lowest BCUT2D eigenvalue weighted by molar-refractivity contribution is 0.718. The summed E-state index contributed by atoms with van der Waals surface area (Å²) in [4.78, 5) is 0. The SMILES string of the molecule is CCCCc1nn(C)c(N)c1-c1ccccc1Cl. The second-order valence-electron chi connectivity index (χ2n) is 4.41. The predicted molar refractivity (Wildman–Crippen MR) is 76.7 cm³/mol. The summed E-state index contributed by atoms with van der Waals surface area (Å²) in [6.07, 6.45) is 3.18. The van der Waals surface area contributed by atoms with Gasteiger partial charge in [0.2, 0.25) is 0 Å². The Morgan fingerprint density at radius 3 is 2.72 bits per heavy atom. The summed E-state index contributed by atoms with van der Waals surface area (Å²) in [5.41, 5.74) is 9.10. The van der Waals surface area contributed by atoms with Crippen molar-refractivity contribution in [3.8, 4) is 11.1 Å². The minimum atomic E-state index is 0.675. The summed E-state index contributed by atoms with van der Waals surface area (Å²) < 4.78 is 1.73. The average Bonchev–Trinajstić information content (AvgIpc) is 2.64. The minimum Gasteiger partial charge on any atom is -0.383 e. The van der Waals surface area contributed by atoms with E-state index in [1.165, 1.54) is 0 Å². The molecule has 2 rings (SSSR count). The van der Waals surface area contributed by atoms with Gasteiger partial charge in [0.25, 0.3) is 0 Å². The molecule has 1 heterocycles. The molecule has 0 saturated heterocycles. The lowest BCUT2D eigenvalue weighted by Gasteiger charge is -2.06. The van der Waals surface area contributed by atoms with Gasteiger partial charge in [-0.25, -0.2) is 0 Å². The zero-order valence-corrected chi connectivity index (χ0v) is 11.5. The molecule has 1 aromatic carbocycles. The summed E-state index contributed by atoms with van der Waals surface area (Å²) in [5.74, 6) is 0.675. The Kier molecular flexibility index (Phi) is 3.92. The van der Waals surface area contributed by atoms with Gasteiger partial charge in [0, 0.05) is 23.2 Å². The zero-order chi connectivity index (χ0) is 13.1. The van der Waals surface area contributed by atoms with Crippen LogP contribution in [-0.2, 0) is 13.5 Å². The number of aromatic nitrogens is 2. The molecule has 0 unspecified atom stereocenters. The number of aryl methyl sites for hydroxylation is 2. The van der Waals surface area contributed by atoms with Crippen LogP contribution in [0, 0.1) is 0 Å². The zero-order valence-electron chi connectivity index (χ0n) is 10.8. The van der Waals surface area contributed by atoms with Crippen LogP contribution in [0.4, 0.5) is 5.82 Å². The van der Waals surface area contributed by atoms with Gasteiger partial charge in [0.15, 0.2) is 0 Å². The van der Waals surface area contributed by atoms with Gasteiger partial charge in [-0.3, -0.25) is 4.68 Å². The van der Waals surface area contributed by atoms with Crippen molar-refractivity contribution in [3.05, 3.63) is 35.0 Å². The number of nitrogens with zero attached hydrogens (tertiary/aromatic N) is 2. The molecule has 0 aliphatic carbocycles. The van der Waals surface area contributed by atoms with E-state index in [1.54, 1.807) is 4.68 Å². The maximum absolute atomic E-state index is 6.25. The topological polar surface area (TPSA) is 43.8 Å². The number of hydrogen-bond acceptors (Lipinski definition) is 2. The minimum absolute atomic E-state index is 0.675. The summed E-state index contributed by atoms with van der Waals surface area (Å²) >= 11 is 6.25. The van der Waals surface area contributed by atoms with Crippen LogP contribution in [0.1, 0.15) is 25.5 Å². The Labute approximate surface area is 113 Å². The van der Waals surface area contributed by atoms with Gasteiger partial charge in [-0.05, 0) is 18.9 Å². The van der Waals surface area contributed by atoms with Crippen molar-refractivity contribution in [3.63, 3.8) is 0 Å². The van der Waals surface area contributed by atoms with Gasteiger partial charge >= 0.3 is 0 Å². The molecule has 4 heteroatoms. The van der Waals surface area contributed by atoms with Crippen molar-refractivity contribution in [2.75, 3.05) is 5.73 Å². The molecule has 3 nitrogen and oxygen atoms in total. The molecule has 0 fully saturated rings. The van der Waals surface area contributed by atoms with Crippen LogP contribution in [-0.4, -0.2) is 9.78 Å². The van der Waals surface area contributed by atoms with Gasteiger partial charge < -0.3 is 5.73 Å². The molecule has 0 aliphatic rings. The highest BCUT2D eigenvalue weighted by Crippen LogP contribution is 2.34. The lowest BCUT2D eigenvalue weighted by atomic mass is 10.0. The van der Waals surface area contributed by atoms with Crippen LogP contribution in [0.25, 0.3) is 11.1 Å². The largest absolute Gasteiger partial charge is 0.383 e. The molecule has 0 bridgehead atoms. The number of unbranched alkanes of at least 4 members (excludes halogenated alkanes) is 1. The molecule has 0 aliphatic heterocycles. The van der Waals surface area contributed by atoms with Crippen molar-refractivity contribution in [1.29, 1.82) is 0 Å². The van der Waals surface area contributed by atoms with Crippen LogP contribution in [0.2, 0.25) is 5.02 Å². The Morgan fingerprint density at radius 2 is 2.06 bits per heavy atom. The van der Waals surface area contributed by atoms with E-state index in [9.17, 15) is 0 Å². The molecule has 0 saturated carbocycles. The third-order valence-electron chi connectivity index (χ3n) is 3.07. The fourth-order valence-corrected chi connectivity index (χ4v) is 2.30. The van der Waals surface area contributed by atoms with Crippen molar-refractivity contribution in [1.82, 2.24) is 9.78 Å². The second kappa shape index (κ2) is 5.44. The van der Waals surface area contributed by atoms with Gasteiger partial charge in [0.1, 0.15) is 5.82 Å². The van der Waals surface area contributed by atoms with Crippen LogP contribution in [0.5, 0.6) is 0 Å². The highest BCUT2D eigenvalue weighted by Gasteiger charge is 2.17. The average molecular weight is 264 g/mol. The first-order valence-electron chi connectivity index (χ1n) is 6.21. The number of halogens is 1. The van der Waals surface area contributed by atoms with Crippen LogP contribution >= 0.6 is 11.6 Å². The Hall–Kier alpha value is -1.48. The van der Waals surface area contributed by atoms with E-state index in [1.807, 2.05) is 31.3 Å². The van der Waals surface area contributed by atoms with E-state index < -0.39 is 0 Å². The first-order chi connectivity index (χ1) is 8.65. The maximum Gasteiger partial charge on any atom is 0.129 e. The van der Waals surface area contributed by atoms with Crippen LogP contribution in [0.15, 0.2) is 24.3 Å². The third kappa shape index (κ3) is 2.36. The highest BCUT2D eigenvalue weighted by atomic mass is 35.5. The smallest absolute Gasteiger partial charge is 0.129 e. The van der Waals surface area contributed by atoms with Crippen molar-refractivity contribution < 1.29 is 0 Å². The molecule has 0 radical (unpaired) electrons. The molecule has 1 aromatic heterocycles. The number of benzene rings is 1. The molecule has 18 heavy (non-hydrogen) atoms. The summed E-state index contributed by atoms with van der Waals surface area (Å²) in [6.45, 7) is 2.17. The Bertz CT molecular complexity index is 546. The number of nitrogens with two attached hydrogens (primary N) is 1. The van der Waals surface area contributed by atoms with Gasteiger partial charge in [-0.15, -0.1) is 0 Å². The standard InChI is InChI=1S/C14H18ClN3/c1-3-4-9-12-13(14(16)18(2)17-12)10-7-5-6-8-11(10)15/h5-8H,3-4,9,16H2,1-2H3. The Balaban J connectivity index is 2.52. The van der Waals surface area contributed by atoms with Crippen molar-refractivity contribution in [2.24, 2.45) is 7.05 Å². The van der Waals surface area contributed by atoms with E-state index >= 15 is 0 Å². The normalized spacial score (nSPS) is 10.8. The molecule has 2 aromatic rings. The molecule has 96 valence electrons. The number of anilines is 1. The van der Waals surface area contributed by atoms with Crippen molar-refractivity contribution in [2.45, 2.75) is 26.2 Å². The summed E-state index contributed by atoms with van der Waals surface area (Å²) in [5, 5.41) is 5.22. The summed E-state index contributed by atoms with van der Waals surface area (Å²) in [6, 6.07) is 7.76. The first-order valence-corrected chi connectivity index (χ1v) is 6.59. The summed E-state index contributed by atoms with van der Waals surface area (Å²) in [7, 11) is 1.87. The third-order valence-corrected chi connectivity index (χ3v) is 3.40. The Morgan fingerprint density at radius 1 is 1.33 bits per heavy atom. The van der Waals surface area contributed by atoms with Gasteiger partial charge in [0.05, 0.1) is 5.69 Å². The second-order valence-corrected chi connectivity index (χ2v) is 4.82. The van der Waals surface area contributed by atoms with E-state index in [4.69, 9.17) is 17.3 Å². The van der Waals surface area contributed by atoms with Gasteiger partial charge in [-0.1, -0.05) is 43.1 Å². The first kappa shape index (κ1) is 13.0. The predicted octanol–water partition coefficient (Wildman–Crippen LogP) is 3.67. The fourth-order valence-electron chi connectivity index (χ4n) is 2.07. The van der Waals surface area contributed by atoms with E-state index in [2.05, 4.69) is 12.0 Å². The number of nitrogen functional groups attached to an aromatic ring is 1. The van der Waals surface area contributed by atoms with Gasteiger partial charge in [-0.2, -0.15) is 5.10 Å². The molecular formula is C14H18ClN3. The van der Waals surface area contributed by atoms with Crippen LogP contribution in [0.3, 0.4) is 0 Å². The molecule has 0 amide bonds. The number of rotatable bonds is 4. The molecule has 2 N–H and O–H groups in total. The highest BCUT2D eigenvalue weighted by molar-refractivity contribution is 6.33. The van der Waals surface area contributed by atoms with Crippen LogP contribution < -0.4 is 5.73 Å². The monoisotopic (exact) mass is 263 g/mol. The fraction of sp³-hybridized carbons (Fsp3) is 0.357. The van der Waals surface area contributed by atoms with E-state index in [-0.39, 0.29) is 0 Å².